The maximum Gasteiger partial charge on any atom is 0.143 e. The van der Waals surface area contributed by atoms with Crippen LogP contribution < -0.4 is 11.3 Å². The maximum absolute atomic E-state index is 6.56. The molecule has 0 aliphatic rings. The second-order valence-corrected chi connectivity index (χ2v) is 13.1. The summed E-state index contributed by atoms with van der Waals surface area (Å²) in [5, 5.41) is 4.40. The molecule has 0 spiro atoms. The number of hydrazine groups is 1. The Hall–Kier alpha value is -6.75. The third kappa shape index (κ3) is 5.91. The second-order valence-electron chi connectivity index (χ2n) is 13.1. The van der Waals surface area contributed by atoms with Crippen molar-refractivity contribution < 1.29 is 4.42 Å². The molecule has 248 valence electrons. The number of benzene rings is 8. The summed E-state index contributed by atoms with van der Waals surface area (Å²) in [6.45, 7) is 0. The van der Waals surface area contributed by atoms with Gasteiger partial charge in [-0.15, -0.1) is 0 Å². The van der Waals surface area contributed by atoms with Crippen LogP contribution in [0, 0.1) is 0 Å². The van der Waals surface area contributed by atoms with Gasteiger partial charge in [0.15, 0.2) is 0 Å². The van der Waals surface area contributed by atoms with Gasteiger partial charge in [-0.1, -0.05) is 152 Å². The van der Waals surface area contributed by atoms with Gasteiger partial charge in [0, 0.05) is 16.3 Å². The number of rotatable bonds is 7. The first-order valence-corrected chi connectivity index (χ1v) is 17.5. The molecular weight excluding hydrogens is 635 g/mol. The fourth-order valence-corrected chi connectivity index (χ4v) is 7.26. The Morgan fingerprint density at radius 2 is 1.06 bits per heavy atom. The van der Waals surface area contributed by atoms with Crippen LogP contribution in [-0.2, 0) is 0 Å². The molecule has 0 saturated heterocycles. The molecule has 1 atom stereocenters. The van der Waals surface area contributed by atoms with Crippen molar-refractivity contribution in [2.75, 3.05) is 0 Å². The summed E-state index contributed by atoms with van der Waals surface area (Å²) in [7, 11) is 0. The number of nitrogens with two attached hydrogens (primary N) is 1. The van der Waals surface area contributed by atoms with Crippen LogP contribution in [0.3, 0.4) is 0 Å². The van der Waals surface area contributed by atoms with Crippen molar-refractivity contribution in [3.8, 4) is 33.4 Å². The molecule has 3 N–H and O–H groups in total. The van der Waals surface area contributed by atoms with Crippen LogP contribution in [0.15, 0.2) is 197 Å². The quantitative estimate of drug-likeness (QED) is 0.0768. The lowest BCUT2D eigenvalue weighted by Crippen LogP contribution is -2.31. The highest BCUT2D eigenvalue weighted by atomic mass is 16.3. The molecule has 1 unspecified atom stereocenters. The summed E-state index contributed by atoms with van der Waals surface area (Å²) >= 11 is 0. The summed E-state index contributed by atoms with van der Waals surface area (Å²) in [5.41, 5.74) is 14.5. The van der Waals surface area contributed by atoms with Crippen LogP contribution in [0.2, 0.25) is 0 Å². The number of hydrogen-bond acceptors (Lipinski definition) is 3. The SMILES string of the molecule is NN/C(=N\C(c1ccc2cc(-c3ccccc3)ccc2c1)c1cccc2oc3cc(-c4ccccc4)ccc3c12)c1cccc(-c2ccccc2)c1. The molecule has 9 aromatic rings. The van der Waals surface area contributed by atoms with Gasteiger partial charge in [-0.25, -0.2) is 5.84 Å². The van der Waals surface area contributed by atoms with Crippen LogP contribution >= 0.6 is 0 Å². The monoisotopic (exact) mass is 669 g/mol. The van der Waals surface area contributed by atoms with E-state index in [0.717, 1.165) is 66.3 Å². The minimum Gasteiger partial charge on any atom is -0.456 e. The van der Waals surface area contributed by atoms with Gasteiger partial charge in [0.1, 0.15) is 23.0 Å². The van der Waals surface area contributed by atoms with Gasteiger partial charge in [-0.05, 0) is 91.7 Å². The zero-order valence-corrected chi connectivity index (χ0v) is 28.4. The van der Waals surface area contributed by atoms with Crippen LogP contribution in [0.5, 0.6) is 0 Å². The lowest BCUT2D eigenvalue weighted by Gasteiger charge is -2.19. The Morgan fingerprint density at radius 1 is 0.481 bits per heavy atom. The van der Waals surface area contributed by atoms with E-state index in [4.69, 9.17) is 15.3 Å². The van der Waals surface area contributed by atoms with E-state index in [0.29, 0.717) is 5.84 Å². The fraction of sp³-hybridized carbons (Fsp3) is 0.0208. The molecule has 0 fully saturated rings. The highest BCUT2D eigenvalue weighted by molar-refractivity contribution is 6.08. The third-order valence-corrected chi connectivity index (χ3v) is 9.86. The van der Waals surface area contributed by atoms with Gasteiger partial charge in [0.05, 0.1) is 0 Å². The average molecular weight is 670 g/mol. The van der Waals surface area contributed by atoms with Gasteiger partial charge in [-0.2, -0.15) is 0 Å². The number of aliphatic imine (C=N–C) groups is 1. The largest absolute Gasteiger partial charge is 0.456 e. The molecule has 0 bridgehead atoms. The van der Waals surface area contributed by atoms with E-state index in [-0.39, 0.29) is 0 Å². The molecule has 0 aliphatic carbocycles. The molecule has 0 radical (unpaired) electrons. The van der Waals surface area contributed by atoms with Crippen molar-refractivity contribution in [2.45, 2.75) is 6.04 Å². The topological polar surface area (TPSA) is 63.5 Å². The molecule has 1 aromatic heterocycles. The van der Waals surface area contributed by atoms with E-state index >= 15 is 0 Å². The summed E-state index contributed by atoms with van der Waals surface area (Å²) in [6.07, 6.45) is 0. The molecule has 4 nitrogen and oxygen atoms in total. The molecule has 0 aliphatic heterocycles. The molecule has 0 saturated carbocycles. The number of nitrogens with one attached hydrogen (secondary N) is 1. The van der Waals surface area contributed by atoms with Gasteiger partial charge in [-0.3, -0.25) is 4.99 Å². The molecule has 52 heavy (non-hydrogen) atoms. The van der Waals surface area contributed by atoms with Crippen molar-refractivity contribution in [1.29, 1.82) is 0 Å². The smallest absolute Gasteiger partial charge is 0.143 e. The zero-order valence-electron chi connectivity index (χ0n) is 28.4. The van der Waals surface area contributed by atoms with E-state index in [2.05, 4.69) is 163 Å². The average Bonchev–Trinajstić information content (AvgIpc) is 3.60. The van der Waals surface area contributed by atoms with Gasteiger partial charge < -0.3 is 9.84 Å². The normalized spacial score (nSPS) is 12.4. The van der Waals surface area contributed by atoms with E-state index in [1.807, 2.05) is 30.3 Å². The fourth-order valence-electron chi connectivity index (χ4n) is 7.26. The van der Waals surface area contributed by atoms with Crippen molar-refractivity contribution in [3.05, 3.63) is 205 Å². The van der Waals surface area contributed by atoms with Gasteiger partial charge >= 0.3 is 0 Å². The zero-order chi connectivity index (χ0) is 34.9. The van der Waals surface area contributed by atoms with Crippen LogP contribution in [0.1, 0.15) is 22.7 Å². The van der Waals surface area contributed by atoms with E-state index < -0.39 is 6.04 Å². The summed E-state index contributed by atoms with van der Waals surface area (Å²) in [6, 6.07) is 65.2. The van der Waals surface area contributed by atoms with Crippen LogP contribution in [0.25, 0.3) is 66.1 Å². The highest BCUT2D eigenvalue weighted by Gasteiger charge is 2.22. The van der Waals surface area contributed by atoms with Crippen LogP contribution in [-0.4, -0.2) is 5.84 Å². The third-order valence-electron chi connectivity index (χ3n) is 9.86. The van der Waals surface area contributed by atoms with Crippen molar-refractivity contribution >= 4 is 38.5 Å². The first-order valence-electron chi connectivity index (χ1n) is 17.5. The van der Waals surface area contributed by atoms with Gasteiger partial charge in [0.2, 0.25) is 0 Å². The molecule has 8 aromatic carbocycles. The summed E-state index contributed by atoms with van der Waals surface area (Å²) < 4.78 is 6.56. The number of nitrogens with zero attached hydrogens (tertiary/aromatic N) is 1. The highest BCUT2D eigenvalue weighted by Crippen LogP contribution is 2.40. The minimum absolute atomic E-state index is 0.400. The standard InChI is InChI=1S/C48H35N3O/c49-51-48(41-19-10-18-35(30-41)32-12-4-1-5-13-32)50-47(40-25-24-37-28-36(22-23-38(37)29-40)33-14-6-2-7-15-33)43-20-11-21-44-46(43)42-27-26-39(31-45(42)52-44)34-16-8-3-9-17-34/h1-31,47H,49H2,(H,50,51). The second kappa shape index (κ2) is 13.5. The molecule has 9 rings (SSSR count). The minimum atomic E-state index is -0.400. The van der Waals surface area contributed by atoms with E-state index in [1.165, 1.54) is 16.5 Å². The Labute approximate surface area is 302 Å². The van der Waals surface area contributed by atoms with Crippen molar-refractivity contribution in [1.82, 2.24) is 5.43 Å². The number of fused-ring (bicyclic) bond motifs is 4. The van der Waals surface area contributed by atoms with Crippen molar-refractivity contribution in [3.63, 3.8) is 0 Å². The molecular formula is C48H35N3O. The van der Waals surface area contributed by atoms with Crippen LogP contribution in [0.4, 0.5) is 0 Å². The Bertz CT molecular complexity index is 2720. The summed E-state index contributed by atoms with van der Waals surface area (Å²) in [4.78, 5) is 5.45. The molecule has 4 heteroatoms. The predicted molar refractivity (Wildman–Crippen MR) is 216 cm³/mol. The Morgan fingerprint density at radius 3 is 1.75 bits per heavy atom. The lowest BCUT2D eigenvalue weighted by atomic mass is 9.92. The predicted octanol–water partition coefficient (Wildman–Crippen LogP) is 11.7. The molecule has 0 amide bonds. The summed E-state index contributed by atoms with van der Waals surface area (Å²) in [5.74, 6) is 6.91. The number of amidine groups is 1. The number of hydrogen-bond donors (Lipinski definition) is 2. The Balaban J connectivity index is 1.22. The Kier molecular flexibility index (Phi) is 8.12. The van der Waals surface area contributed by atoms with Crippen molar-refractivity contribution in [2.24, 2.45) is 10.8 Å². The van der Waals surface area contributed by atoms with E-state index in [9.17, 15) is 0 Å². The van der Waals surface area contributed by atoms with Gasteiger partial charge in [0.25, 0.3) is 0 Å². The first-order chi connectivity index (χ1) is 25.7. The van der Waals surface area contributed by atoms with E-state index in [1.54, 1.807) is 0 Å². The number of furan rings is 1. The lowest BCUT2D eigenvalue weighted by molar-refractivity contribution is 0.668. The molecule has 1 heterocycles. The first kappa shape index (κ1) is 31.2. The maximum atomic E-state index is 6.56.